The number of carbonyl (C=O) groups is 2. The van der Waals surface area contributed by atoms with E-state index >= 15 is 0 Å². The third kappa shape index (κ3) is 6.46. The van der Waals surface area contributed by atoms with Gasteiger partial charge < -0.3 is 14.4 Å². The number of benzene rings is 1. The van der Waals surface area contributed by atoms with Crippen molar-refractivity contribution in [2.24, 2.45) is 0 Å². The Kier molecular flexibility index (Phi) is 7.95. The summed E-state index contributed by atoms with van der Waals surface area (Å²) in [4.78, 5) is 33.5. The Labute approximate surface area is 196 Å². The number of rotatable bonds is 6. The van der Waals surface area contributed by atoms with Crippen LogP contribution in [0.3, 0.4) is 0 Å². The monoisotopic (exact) mass is 453 g/mol. The van der Waals surface area contributed by atoms with E-state index in [2.05, 4.69) is 4.98 Å². The van der Waals surface area contributed by atoms with Gasteiger partial charge in [0.05, 0.1) is 6.04 Å². The molecule has 1 aliphatic rings. The molecule has 0 bridgehead atoms. The lowest BCUT2D eigenvalue weighted by molar-refractivity contribution is 0.0565. The van der Waals surface area contributed by atoms with Crippen LogP contribution in [0.4, 0.5) is 15.4 Å². The van der Waals surface area contributed by atoms with Crippen LogP contribution in [0.25, 0.3) is 0 Å². The Morgan fingerprint density at radius 3 is 2.52 bits per heavy atom. The van der Waals surface area contributed by atoms with E-state index in [1.54, 1.807) is 16.0 Å². The van der Waals surface area contributed by atoms with E-state index in [-0.39, 0.29) is 24.8 Å². The number of hydrogen-bond acceptors (Lipinski definition) is 5. The summed E-state index contributed by atoms with van der Waals surface area (Å²) in [5, 5.41) is 0. The summed E-state index contributed by atoms with van der Waals surface area (Å²) >= 11 is 0. The topological polar surface area (TPSA) is 72.0 Å². The Morgan fingerprint density at radius 2 is 1.91 bits per heavy atom. The quantitative estimate of drug-likeness (QED) is 0.529. The fourth-order valence-electron chi connectivity index (χ4n) is 3.86. The van der Waals surface area contributed by atoms with Crippen LogP contribution in [0.1, 0.15) is 71.0 Å². The van der Waals surface area contributed by atoms with Crippen LogP contribution in [0, 0.1) is 0 Å². The number of amides is 2. The van der Waals surface area contributed by atoms with Gasteiger partial charge in [0.2, 0.25) is 0 Å². The highest BCUT2D eigenvalue weighted by atomic mass is 16.6. The van der Waals surface area contributed by atoms with Crippen LogP contribution in [0.15, 0.2) is 48.7 Å². The SMILES string of the molecule is CC[C@@H](C)N(C(=O)OC(C)(C)C)c1ccc([C@H]2CCCN2C(=O)OCc2ccccc2)cn1. The summed E-state index contributed by atoms with van der Waals surface area (Å²) in [5.41, 5.74) is 1.30. The van der Waals surface area contributed by atoms with Crippen LogP contribution in [-0.2, 0) is 16.1 Å². The molecule has 7 heteroatoms. The molecule has 178 valence electrons. The molecule has 0 N–H and O–H groups in total. The predicted molar refractivity (Wildman–Crippen MR) is 128 cm³/mol. The predicted octanol–water partition coefficient (Wildman–Crippen LogP) is 6.10. The van der Waals surface area contributed by atoms with Gasteiger partial charge in [-0.15, -0.1) is 0 Å². The molecular weight excluding hydrogens is 418 g/mol. The maximum atomic E-state index is 12.8. The van der Waals surface area contributed by atoms with Gasteiger partial charge >= 0.3 is 12.2 Å². The van der Waals surface area contributed by atoms with E-state index in [0.717, 1.165) is 30.4 Å². The van der Waals surface area contributed by atoms with Gasteiger partial charge in [-0.25, -0.2) is 14.6 Å². The maximum Gasteiger partial charge on any atom is 0.416 e. The molecule has 0 saturated carbocycles. The standard InChI is InChI=1S/C26H35N3O4/c1-6-19(2)29(25(31)33-26(3,4)5)23-15-14-21(17-27-23)22-13-10-16-28(22)24(30)32-18-20-11-8-7-9-12-20/h7-9,11-12,14-15,17,19,22H,6,10,13,16,18H2,1-5H3/t19-,22-/m1/s1. The highest BCUT2D eigenvalue weighted by Gasteiger charge is 2.32. The van der Waals surface area contributed by atoms with E-state index in [1.807, 2.05) is 77.1 Å². The average Bonchev–Trinajstić information content (AvgIpc) is 3.27. The third-order valence-corrected chi connectivity index (χ3v) is 5.72. The molecule has 2 amide bonds. The molecule has 1 aromatic carbocycles. The van der Waals surface area contributed by atoms with Crippen LogP contribution in [0.5, 0.6) is 0 Å². The summed E-state index contributed by atoms with van der Waals surface area (Å²) in [6.07, 6.45) is 3.55. The van der Waals surface area contributed by atoms with Crippen molar-refractivity contribution in [2.45, 2.75) is 78.2 Å². The molecule has 3 rings (SSSR count). The van der Waals surface area contributed by atoms with E-state index in [0.29, 0.717) is 12.4 Å². The zero-order valence-corrected chi connectivity index (χ0v) is 20.3. The number of ether oxygens (including phenoxy) is 2. The molecular formula is C26H35N3O4. The van der Waals surface area contributed by atoms with Gasteiger partial charge in [-0.1, -0.05) is 43.3 Å². The highest BCUT2D eigenvalue weighted by molar-refractivity contribution is 5.87. The van der Waals surface area contributed by atoms with Gasteiger partial charge in [-0.3, -0.25) is 4.90 Å². The van der Waals surface area contributed by atoms with Crippen molar-refractivity contribution in [3.8, 4) is 0 Å². The second kappa shape index (κ2) is 10.7. The van der Waals surface area contributed by atoms with Crippen molar-refractivity contribution in [1.82, 2.24) is 9.88 Å². The number of likely N-dealkylation sites (tertiary alicyclic amines) is 1. The molecule has 2 aromatic rings. The van der Waals surface area contributed by atoms with E-state index < -0.39 is 11.7 Å². The van der Waals surface area contributed by atoms with Crippen molar-refractivity contribution >= 4 is 18.0 Å². The molecule has 33 heavy (non-hydrogen) atoms. The van der Waals surface area contributed by atoms with Crippen molar-refractivity contribution in [2.75, 3.05) is 11.4 Å². The molecule has 0 radical (unpaired) electrons. The van der Waals surface area contributed by atoms with Crippen LogP contribution < -0.4 is 4.90 Å². The number of pyridine rings is 1. The summed E-state index contributed by atoms with van der Waals surface area (Å²) in [6.45, 7) is 10.4. The smallest absolute Gasteiger partial charge is 0.416 e. The zero-order valence-electron chi connectivity index (χ0n) is 20.3. The molecule has 2 heterocycles. The Morgan fingerprint density at radius 1 is 1.18 bits per heavy atom. The van der Waals surface area contributed by atoms with E-state index in [9.17, 15) is 9.59 Å². The van der Waals surface area contributed by atoms with Gasteiger partial charge in [0.1, 0.15) is 18.0 Å². The number of nitrogens with zero attached hydrogens (tertiary/aromatic N) is 3. The second-order valence-corrected chi connectivity index (χ2v) is 9.45. The number of carbonyl (C=O) groups excluding carboxylic acids is 2. The Bertz CT molecular complexity index is 925. The first kappa shape index (κ1) is 24.6. The molecule has 0 aliphatic carbocycles. The Hall–Kier alpha value is -3.09. The molecule has 1 fully saturated rings. The molecule has 0 unspecified atom stereocenters. The minimum atomic E-state index is -0.590. The fraction of sp³-hybridized carbons (Fsp3) is 0.500. The summed E-state index contributed by atoms with van der Waals surface area (Å²) < 4.78 is 11.1. The van der Waals surface area contributed by atoms with Crippen LogP contribution in [-0.4, -0.2) is 40.3 Å². The molecule has 1 aromatic heterocycles. The van der Waals surface area contributed by atoms with Crippen LogP contribution >= 0.6 is 0 Å². The molecule has 2 atom stereocenters. The summed E-state index contributed by atoms with van der Waals surface area (Å²) in [7, 11) is 0. The van der Waals surface area contributed by atoms with Crippen molar-refractivity contribution in [1.29, 1.82) is 0 Å². The largest absolute Gasteiger partial charge is 0.445 e. The minimum Gasteiger partial charge on any atom is -0.445 e. The minimum absolute atomic E-state index is 0.0610. The molecule has 7 nitrogen and oxygen atoms in total. The first-order valence-electron chi connectivity index (χ1n) is 11.6. The second-order valence-electron chi connectivity index (χ2n) is 9.45. The first-order chi connectivity index (χ1) is 15.7. The maximum absolute atomic E-state index is 12.8. The average molecular weight is 454 g/mol. The van der Waals surface area contributed by atoms with Crippen LogP contribution in [0.2, 0.25) is 0 Å². The first-order valence-corrected chi connectivity index (χ1v) is 11.6. The molecule has 1 saturated heterocycles. The number of aromatic nitrogens is 1. The van der Waals surface area contributed by atoms with Gasteiger partial charge in [0, 0.05) is 18.8 Å². The lowest BCUT2D eigenvalue weighted by Crippen LogP contribution is -2.42. The van der Waals surface area contributed by atoms with E-state index in [4.69, 9.17) is 9.47 Å². The van der Waals surface area contributed by atoms with Gasteiger partial charge in [-0.05, 0) is 64.2 Å². The van der Waals surface area contributed by atoms with E-state index in [1.165, 1.54) is 0 Å². The lowest BCUT2D eigenvalue weighted by Gasteiger charge is -2.31. The van der Waals surface area contributed by atoms with Crippen molar-refractivity contribution in [3.05, 3.63) is 59.8 Å². The molecule has 0 spiro atoms. The third-order valence-electron chi connectivity index (χ3n) is 5.72. The van der Waals surface area contributed by atoms with Crippen molar-refractivity contribution < 1.29 is 19.1 Å². The lowest BCUT2D eigenvalue weighted by atomic mass is 10.1. The summed E-state index contributed by atoms with van der Waals surface area (Å²) in [6, 6.07) is 13.3. The highest BCUT2D eigenvalue weighted by Crippen LogP contribution is 2.33. The van der Waals surface area contributed by atoms with Gasteiger partial charge in [-0.2, -0.15) is 0 Å². The van der Waals surface area contributed by atoms with Gasteiger partial charge in [0.15, 0.2) is 0 Å². The Balaban J connectivity index is 1.71. The number of anilines is 1. The molecule has 1 aliphatic heterocycles. The summed E-state index contributed by atoms with van der Waals surface area (Å²) in [5.74, 6) is 0.540. The zero-order chi connectivity index (χ0) is 24.0. The number of hydrogen-bond donors (Lipinski definition) is 0. The normalized spacial score (nSPS) is 16.9. The fourth-order valence-corrected chi connectivity index (χ4v) is 3.86. The van der Waals surface area contributed by atoms with Gasteiger partial charge in [0.25, 0.3) is 0 Å². The van der Waals surface area contributed by atoms with Crippen molar-refractivity contribution in [3.63, 3.8) is 0 Å².